The largest absolute Gasteiger partial charge is 0.416 e. The molecule has 2 saturated heterocycles. The second-order valence-electron chi connectivity index (χ2n) is 7.43. The number of carbonyl (C=O) groups excluding carboxylic acids is 1. The van der Waals surface area contributed by atoms with Gasteiger partial charge in [-0.15, -0.1) is 0 Å². The third-order valence-corrected chi connectivity index (χ3v) is 5.48. The summed E-state index contributed by atoms with van der Waals surface area (Å²) in [6, 6.07) is 12.0. The molecular weight excluding hydrogens is 385 g/mol. The summed E-state index contributed by atoms with van der Waals surface area (Å²) in [7, 11) is 0. The molecule has 0 radical (unpaired) electrons. The fourth-order valence-corrected chi connectivity index (χ4v) is 3.60. The van der Waals surface area contributed by atoms with Crippen LogP contribution < -0.4 is 4.90 Å². The lowest BCUT2D eigenvalue weighted by Crippen LogP contribution is -2.49. The predicted molar refractivity (Wildman–Crippen MR) is 101 cm³/mol. The Balaban J connectivity index is 1.36. The second kappa shape index (κ2) is 7.35. The van der Waals surface area contributed by atoms with E-state index in [1.165, 1.54) is 12.1 Å². The van der Waals surface area contributed by atoms with Crippen LogP contribution >= 0.6 is 0 Å². The van der Waals surface area contributed by atoms with Crippen molar-refractivity contribution >= 4 is 11.6 Å². The zero-order chi connectivity index (χ0) is 20.6. The number of nitrogens with zero attached hydrogens (tertiary/aromatic N) is 2. The van der Waals surface area contributed by atoms with Gasteiger partial charge in [0.2, 0.25) is 0 Å². The van der Waals surface area contributed by atoms with Crippen molar-refractivity contribution < 1.29 is 27.8 Å². The van der Waals surface area contributed by atoms with Crippen molar-refractivity contribution in [3.63, 3.8) is 0 Å². The number of alkyl halides is 3. The maximum Gasteiger partial charge on any atom is 0.416 e. The van der Waals surface area contributed by atoms with Gasteiger partial charge in [0, 0.05) is 37.4 Å². The molecule has 0 spiro atoms. The van der Waals surface area contributed by atoms with E-state index in [1.807, 2.05) is 4.90 Å². The molecule has 2 heterocycles. The van der Waals surface area contributed by atoms with Gasteiger partial charge in [-0.3, -0.25) is 4.79 Å². The Morgan fingerprint density at radius 1 is 0.931 bits per heavy atom. The molecule has 0 atom stereocenters. The quantitative estimate of drug-likeness (QED) is 0.852. The van der Waals surface area contributed by atoms with Crippen LogP contribution in [0.15, 0.2) is 48.5 Å². The number of aliphatic hydroxyl groups is 1. The summed E-state index contributed by atoms with van der Waals surface area (Å²) in [5.41, 5.74) is 0.351. The molecule has 0 aliphatic carbocycles. The smallest absolute Gasteiger partial charge is 0.380 e. The number of amides is 1. The lowest BCUT2D eigenvalue weighted by atomic mass is 9.91. The van der Waals surface area contributed by atoms with Gasteiger partial charge in [-0.05, 0) is 42.0 Å². The van der Waals surface area contributed by atoms with E-state index in [0.717, 1.165) is 17.7 Å². The van der Waals surface area contributed by atoms with Gasteiger partial charge in [-0.1, -0.05) is 12.1 Å². The lowest BCUT2D eigenvalue weighted by molar-refractivity contribution is -0.184. The van der Waals surface area contributed by atoms with E-state index in [4.69, 9.17) is 4.74 Å². The number of hydrogen-bond acceptors (Lipinski definition) is 4. The van der Waals surface area contributed by atoms with Crippen molar-refractivity contribution in [1.82, 2.24) is 4.90 Å². The molecule has 5 nitrogen and oxygen atoms in total. The molecular formula is C21H21F3N2O3. The van der Waals surface area contributed by atoms with Gasteiger partial charge in [0.15, 0.2) is 0 Å². The number of anilines is 1. The topological polar surface area (TPSA) is 53.0 Å². The summed E-state index contributed by atoms with van der Waals surface area (Å²) in [5, 5.41) is 10.3. The molecule has 2 fully saturated rings. The second-order valence-corrected chi connectivity index (χ2v) is 7.43. The number of piperazine rings is 1. The molecule has 0 saturated carbocycles. The molecule has 2 aromatic rings. The Labute approximate surface area is 166 Å². The molecule has 1 amide bonds. The van der Waals surface area contributed by atoms with Gasteiger partial charge in [-0.2, -0.15) is 13.2 Å². The molecule has 8 heteroatoms. The molecule has 0 bridgehead atoms. The predicted octanol–water partition coefficient (Wildman–Crippen LogP) is 2.89. The van der Waals surface area contributed by atoms with Gasteiger partial charge in [0.1, 0.15) is 5.60 Å². The van der Waals surface area contributed by atoms with Crippen LogP contribution in [0.4, 0.5) is 18.9 Å². The first kappa shape index (κ1) is 19.7. The summed E-state index contributed by atoms with van der Waals surface area (Å²) >= 11 is 0. The standard InChI is InChI=1S/C21H21F3N2O3/c22-21(23,24)17-5-7-18(8-6-17)25-9-11-26(12-10-25)19(27)15-1-3-16(4-2-15)20(28)13-29-14-20/h1-8,28H,9-14H2. The molecule has 0 unspecified atom stereocenters. The first-order chi connectivity index (χ1) is 13.8. The van der Waals surface area contributed by atoms with Crippen LogP contribution in [0, 0.1) is 0 Å². The minimum Gasteiger partial charge on any atom is -0.380 e. The van der Waals surface area contributed by atoms with Crippen molar-refractivity contribution in [2.75, 3.05) is 44.3 Å². The zero-order valence-electron chi connectivity index (χ0n) is 15.7. The van der Waals surface area contributed by atoms with Crippen LogP contribution in [-0.4, -0.2) is 55.3 Å². The van der Waals surface area contributed by atoms with Crippen LogP contribution in [0.2, 0.25) is 0 Å². The minimum atomic E-state index is -4.35. The van der Waals surface area contributed by atoms with Crippen molar-refractivity contribution in [3.8, 4) is 0 Å². The molecule has 0 aromatic heterocycles. The summed E-state index contributed by atoms with van der Waals surface area (Å²) < 4.78 is 43.1. The average molecular weight is 406 g/mol. The van der Waals surface area contributed by atoms with E-state index in [-0.39, 0.29) is 19.1 Å². The highest BCUT2D eigenvalue weighted by Crippen LogP contribution is 2.31. The minimum absolute atomic E-state index is 0.0968. The fourth-order valence-electron chi connectivity index (χ4n) is 3.60. The molecule has 4 rings (SSSR count). The van der Waals surface area contributed by atoms with Crippen LogP contribution in [0.25, 0.3) is 0 Å². The zero-order valence-corrected chi connectivity index (χ0v) is 15.7. The third-order valence-electron chi connectivity index (χ3n) is 5.48. The summed E-state index contributed by atoms with van der Waals surface area (Å²) in [5.74, 6) is -0.0968. The highest BCUT2D eigenvalue weighted by atomic mass is 19.4. The van der Waals surface area contributed by atoms with Crippen molar-refractivity contribution in [2.45, 2.75) is 11.8 Å². The summed E-state index contributed by atoms with van der Waals surface area (Å²) in [6.07, 6.45) is -4.35. The summed E-state index contributed by atoms with van der Waals surface area (Å²) in [4.78, 5) is 16.4. The Morgan fingerprint density at radius 3 is 2.00 bits per heavy atom. The van der Waals surface area contributed by atoms with E-state index >= 15 is 0 Å². The first-order valence-electron chi connectivity index (χ1n) is 9.38. The lowest BCUT2D eigenvalue weighted by Gasteiger charge is -2.37. The number of benzene rings is 2. The first-order valence-corrected chi connectivity index (χ1v) is 9.38. The number of halogens is 3. The van der Waals surface area contributed by atoms with Crippen LogP contribution in [0.1, 0.15) is 21.5 Å². The normalized spacial score (nSPS) is 19.0. The van der Waals surface area contributed by atoms with E-state index in [2.05, 4.69) is 0 Å². The molecule has 2 aliphatic rings. The van der Waals surface area contributed by atoms with Gasteiger partial charge >= 0.3 is 6.18 Å². The van der Waals surface area contributed by atoms with E-state index in [9.17, 15) is 23.1 Å². The van der Waals surface area contributed by atoms with Crippen LogP contribution in [0.5, 0.6) is 0 Å². The molecule has 29 heavy (non-hydrogen) atoms. The molecule has 2 aromatic carbocycles. The highest BCUT2D eigenvalue weighted by molar-refractivity contribution is 5.94. The number of carbonyl (C=O) groups is 1. The Bertz CT molecular complexity index is 870. The van der Waals surface area contributed by atoms with Gasteiger partial charge < -0.3 is 19.6 Å². The van der Waals surface area contributed by atoms with Crippen molar-refractivity contribution in [3.05, 3.63) is 65.2 Å². The van der Waals surface area contributed by atoms with E-state index < -0.39 is 17.3 Å². The van der Waals surface area contributed by atoms with E-state index in [1.54, 1.807) is 29.2 Å². The SMILES string of the molecule is O=C(c1ccc(C2(O)COC2)cc1)N1CCN(c2ccc(C(F)(F)F)cc2)CC1. The number of rotatable bonds is 3. The number of hydrogen-bond donors (Lipinski definition) is 1. The Kier molecular flexibility index (Phi) is 5.00. The van der Waals surface area contributed by atoms with Crippen LogP contribution in [0.3, 0.4) is 0 Å². The monoisotopic (exact) mass is 406 g/mol. The third kappa shape index (κ3) is 3.95. The fraction of sp³-hybridized carbons (Fsp3) is 0.381. The van der Waals surface area contributed by atoms with Crippen molar-refractivity contribution in [1.29, 1.82) is 0 Å². The van der Waals surface area contributed by atoms with Gasteiger partial charge in [0.25, 0.3) is 5.91 Å². The molecule has 2 aliphatic heterocycles. The van der Waals surface area contributed by atoms with E-state index in [0.29, 0.717) is 37.4 Å². The molecule has 1 N–H and O–H groups in total. The Hall–Kier alpha value is -2.58. The maximum atomic E-state index is 12.7. The van der Waals surface area contributed by atoms with Gasteiger partial charge in [-0.25, -0.2) is 0 Å². The number of ether oxygens (including phenoxy) is 1. The van der Waals surface area contributed by atoms with Crippen molar-refractivity contribution in [2.24, 2.45) is 0 Å². The van der Waals surface area contributed by atoms with Gasteiger partial charge in [0.05, 0.1) is 18.8 Å². The highest BCUT2D eigenvalue weighted by Gasteiger charge is 2.38. The molecule has 154 valence electrons. The Morgan fingerprint density at radius 2 is 1.52 bits per heavy atom. The van der Waals surface area contributed by atoms with Crippen LogP contribution in [-0.2, 0) is 16.5 Å². The maximum absolute atomic E-state index is 12.7. The average Bonchev–Trinajstić information content (AvgIpc) is 2.71. The summed E-state index contributed by atoms with van der Waals surface area (Å²) in [6.45, 7) is 2.58.